The SMILES string of the molecule is CSc1nc(NS(=O)(=O)c2ccccc2)cc(=O)[nH]1. The van der Waals surface area contributed by atoms with E-state index in [1.54, 1.807) is 24.5 Å². The summed E-state index contributed by atoms with van der Waals surface area (Å²) in [5.74, 6) is -0.00282. The zero-order valence-corrected chi connectivity index (χ0v) is 11.6. The zero-order valence-electron chi connectivity index (χ0n) is 9.95. The molecule has 0 saturated carbocycles. The van der Waals surface area contributed by atoms with Crippen molar-refractivity contribution in [3.8, 4) is 0 Å². The standard InChI is InChI=1S/C11H11N3O3S2/c1-18-11-12-9(7-10(15)13-11)14-19(16,17)8-5-3-2-4-6-8/h2-7H,1H3,(H2,12,13,14,15). The molecule has 2 N–H and O–H groups in total. The molecule has 100 valence electrons. The van der Waals surface area contributed by atoms with Gasteiger partial charge >= 0.3 is 0 Å². The third-order valence-electron chi connectivity index (χ3n) is 2.21. The van der Waals surface area contributed by atoms with E-state index in [2.05, 4.69) is 14.7 Å². The summed E-state index contributed by atoms with van der Waals surface area (Å²) in [5, 5.41) is 0.346. The fraction of sp³-hybridized carbons (Fsp3) is 0.0909. The molecule has 19 heavy (non-hydrogen) atoms. The summed E-state index contributed by atoms with van der Waals surface area (Å²) in [7, 11) is -3.73. The second-order valence-electron chi connectivity index (χ2n) is 3.56. The molecule has 0 saturated heterocycles. The zero-order chi connectivity index (χ0) is 13.9. The van der Waals surface area contributed by atoms with Gasteiger partial charge in [-0.2, -0.15) is 0 Å². The third-order valence-corrected chi connectivity index (χ3v) is 4.16. The number of nitrogens with one attached hydrogen (secondary N) is 2. The van der Waals surface area contributed by atoms with Gasteiger partial charge in [0.2, 0.25) is 0 Å². The molecule has 0 atom stereocenters. The van der Waals surface area contributed by atoms with E-state index in [0.29, 0.717) is 5.16 Å². The second-order valence-corrected chi connectivity index (χ2v) is 6.04. The van der Waals surface area contributed by atoms with Gasteiger partial charge in [0.05, 0.1) is 4.90 Å². The highest BCUT2D eigenvalue weighted by Gasteiger charge is 2.14. The smallest absolute Gasteiger partial charge is 0.263 e. The van der Waals surface area contributed by atoms with Crippen molar-refractivity contribution >= 4 is 27.6 Å². The first kappa shape index (κ1) is 13.6. The molecule has 2 rings (SSSR count). The van der Waals surface area contributed by atoms with Crippen molar-refractivity contribution in [1.82, 2.24) is 9.97 Å². The molecule has 0 aliphatic rings. The summed E-state index contributed by atoms with van der Waals surface area (Å²) < 4.78 is 26.4. The minimum atomic E-state index is -3.73. The van der Waals surface area contributed by atoms with Gasteiger partial charge in [-0.15, -0.1) is 0 Å². The number of hydrogen-bond acceptors (Lipinski definition) is 5. The average molecular weight is 297 g/mol. The number of aromatic nitrogens is 2. The molecule has 0 spiro atoms. The Kier molecular flexibility index (Phi) is 3.91. The van der Waals surface area contributed by atoms with Gasteiger partial charge in [-0.05, 0) is 18.4 Å². The van der Waals surface area contributed by atoms with Crippen LogP contribution in [-0.4, -0.2) is 24.6 Å². The molecule has 0 bridgehead atoms. The highest BCUT2D eigenvalue weighted by atomic mass is 32.2. The lowest BCUT2D eigenvalue weighted by molar-refractivity contribution is 0.601. The number of hydrogen-bond donors (Lipinski definition) is 2. The number of anilines is 1. The Morgan fingerprint density at radius 2 is 1.95 bits per heavy atom. The van der Waals surface area contributed by atoms with E-state index in [1.165, 1.54) is 23.9 Å². The molecule has 0 fully saturated rings. The number of thioether (sulfide) groups is 1. The molecule has 1 heterocycles. The summed E-state index contributed by atoms with van der Waals surface area (Å²) in [6.45, 7) is 0. The normalized spacial score (nSPS) is 11.2. The number of nitrogens with zero attached hydrogens (tertiary/aromatic N) is 1. The van der Waals surface area contributed by atoms with Gasteiger partial charge < -0.3 is 4.98 Å². The molecule has 0 radical (unpaired) electrons. The molecule has 0 aliphatic carbocycles. The van der Waals surface area contributed by atoms with E-state index in [0.717, 1.165) is 6.07 Å². The van der Waals surface area contributed by atoms with E-state index in [4.69, 9.17) is 0 Å². The van der Waals surface area contributed by atoms with Crippen LogP contribution < -0.4 is 10.3 Å². The van der Waals surface area contributed by atoms with Gasteiger partial charge in [0.25, 0.3) is 15.6 Å². The Balaban J connectivity index is 2.36. The third kappa shape index (κ3) is 3.36. The van der Waals surface area contributed by atoms with Gasteiger partial charge in [0.1, 0.15) is 5.82 Å². The number of H-pyrrole nitrogens is 1. The first-order chi connectivity index (χ1) is 9.01. The molecular formula is C11H11N3O3S2. The van der Waals surface area contributed by atoms with Crippen LogP contribution in [0.3, 0.4) is 0 Å². The highest BCUT2D eigenvalue weighted by Crippen LogP contribution is 2.14. The second kappa shape index (κ2) is 5.45. The van der Waals surface area contributed by atoms with Crippen LogP contribution in [0.15, 0.2) is 51.2 Å². The lowest BCUT2D eigenvalue weighted by Gasteiger charge is -2.07. The average Bonchev–Trinajstić information content (AvgIpc) is 2.38. The molecule has 0 amide bonds. The molecule has 0 aliphatic heterocycles. The van der Waals surface area contributed by atoms with Crippen LogP contribution in [0.2, 0.25) is 0 Å². The van der Waals surface area contributed by atoms with Crippen molar-refractivity contribution < 1.29 is 8.42 Å². The molecular weight excluding hydrogens is 286 g/mol. The minimum absolute atomic E-state index is 0.00282. The fourth-order valence-corrected chi connectivity index (χ4v) is 2.79. The predicted octanol–water partition coefficient (Wildman–Crippen LogP) is 1.29. The highest BCUT2D eigenvalue weighted by molar-refractivity contribution is 7.98. The van der Waals surface area contributed by atoms with E-state index < -0.39 is 15.6 Å². The molecule has 2 aromatic rings. The number of rotatable bonds is 4. The van der Waals surface area contributed by atoms with E-state index in [9.17, 15) is 13.2 Å². The van der Waals surface area contributed by atoms with Gasteiger partial charge in [-0.25, -0.2) is 13.4 Å². The monoisotopic (exact) mass is 297 g/mol. The molecule has 8 heteroatoms. The summed E-state index contributed by atoms with van der Waals surface area (Å²) in [5.41, 5.74) is -0.412. The number of aromatic amines is 1. The Hall–Kier alpha value is -1.80. The van der Waals surface area contributed by atoms with Crippen LogP contribution in [0.25, 0.3) is 0 Å². The Bertz CT molecular complexity index is 726. The van der Waals surface area contributed by atoms with Gasteiger partial charge in [0, 0.05) is 6.07 Å². The van der Waals surface area contributed by atoms with Crippen molar-refractivity contribution in [1.29, 1.82) is 0 Å². The topological polar surface area (TPSA) is 91.9 Å². The molecule has 1 aromatic heterocycles. The number of sulfonamides is 1. The van der Waals surface area contributed by atoms with Crippen LogP contribution in [-0.2, 0) is 10.0 Å². The van der Waals surface area contributed by atoms with E-state index in [1.807, 2.05) is 0 Å². The van der Waals surface area contributed by atoms with Gasteiger partial charge in [0.15, 0.2) is 5.16 Å². The summed E-state index contributed by atoms with van der Waals surface area (Å²) in [4.78, 5) is 17.9. The van der Waals surface area contributed by atoms with Crippen LogP contribution >= 0.6 is 11.8 Å². The Labute approximate surface area is 114 Å². The maximum absolute atomic E-state index is 12.0. The van der Waals surface area contributed by atoms with Crippen molar-refractivity contribution in [3.05, 3.63) is 46.8 Å². The molecule has 0 unspecified atom stereocenters. The quantitative estimate of drug-likeness (QED) is 0.655. The summed E-state index contributed by atoms with van der Waals surface area (Å²) >= 11 is 1.22. The van der Waals surface area contributed by atoms with Crippen LogP contribution in [0.5, 0.6) is 0 Å². The largest absolute Gasteiger partial charge is 0.301 e. The van der Waals surface area contributed by atoms with Crippen molar-refractivity contribution in [2.45, 2.75) is 10.1 Å². The van der Waals surface area contributed by atoms with E-state index >= 15 is 0 Å². The Morgan fingerprint density at radius 1 is 1.26 bits per heavy atom. The maximum atomic E-state index is 12.0. The predicted molar refractivity (Wildman–Crippen MR) is 73.9 cm³/mol. The van der Waals surface area contributed by atoms with Gasteiger partial charge in [-0.3, -0.25) is 9.52 Å². The fourth-order valence-electron chi connectivity index (χ4n) is 1.38. The first-order valence-electron chi connectivity index (χ1n) is 5.24. The van der Waals surface area contributed by atoms with Crippen LogP contribution in [0.1, 0.15) is 0 Å². The first-order valence-corrected chi connectivity index (χ1v) is 7.95. The lowest BCUT2D eigenvalue weighted by atomic mass is 10.4. The Morgan fingerprint density at radius 3 is 2.58 bits per heavy atom. The summed E-state index contributed by atoms with van der Waals surface area (Å²) in [6, 6.07) is 8.98. The lowest BCUT2D eigenvalue weighted by Crippen LogP contribution is -2.17. The molecule has 1 aromatic carbocycles. The van der Waals surface area contributed by atoms with Gasteiger partial charge in [-0.1, -0.05) is 30.0 Å². The van der Waals surface area contributed by atoms with Crippen molar-refractivity contribution in [3.63, 3.8) is 0 Å². The van der Waals surface area contributed by atoms with Crippen molar-refractivity contribution in [2.75, 3.05) is 11.0 Å². The van der Waals surface area contributed by atoms with E-state index in [-0.39, 0.29) is 10.7 Å². The van der Waals surface area contributed by atoms with Crippen LogP contribution in [0, 0.1) is 0 Å². The summed E-state index contributed by atoms with van der Waals surface area (Å²) in [6.07, 6.45) is 1.73. The van der Waals surface area contributed by atoms with Crippen molar-refractivity contribution in [2.24, 2.45) is 0 Å². The molecule has 6 nitrogen and oxygen atoms in total. The number of benzene rings is 1. The minimum Gasteiger partial charge on any atom is -0.301 e. The maximum Gasteiger partial charge on any atom is 0.263 e. The van der Waals surface area contributed by atoms with Crippen LogP contribution in [0.4, 0.5) is 5.82 Å².